The van der Waals surface area contributed by atoms with E-state index in [1.807, 2.05) is 0 Å². The highest BCUT2D eigenvalue weighted by molar-refractivity contribution is 9.10. The van der Waals surface area contributed by atoms with Crippen molar-refractivity contribution < 1.29 is 9.53 Å². The molecule has 2 heterocycles. The molecule has 0 saturated carbocycles. The van der Waals surface area contributed by atoms with Gasteiger partial charge in [-0.05, 0) is 48.9 Å². The molecule has 0 atom stereocenters. The lowest BCUT2D eigenvalue weighted by Crippen LogP contribution is -2.55. The molecular formula is C14H20BrN3O2. The number of pyridine rings is 1. The van der Waals surface area contributed by atoms with E-state index in [2.05, 4.69) is 45.2 Å². The van der Waals surface area contributed by atoms with Crippen molar-refractivity contribution in [3.05, 3.63) is 28.5 Å². The maximum Gasteiger partial charge on any atom is 0.252 e. The lowest BCUT2D eigenvalue weighted by Gasteiger charge is -2.42. The molecule has 1 fully saturated rings. The lowest BCUT2D eigenvalue weighted by atomic mass is 9.88. The van der Waals surface area contributed by atoms with Gasteiger partial charge >= 0.3 is 0 Å². The van der Waals surface area contributed by atoms with Crippen molar-refractivity contribution in [2.75, 3.05) is 33.9 Å². The van der Waals surface area contributed by atoms with Gasteiger partial charge in [0.15, 0.2) is 0 Å². The largest absolute Gasteiger partial charge is 0.381 e. The average molecular weight is 342 g/mol. The number of nitrogens with zero attached hydrogens (tertiary/aromatic N) is 2. The van der Waals surface area contributed by atoms with Crippen molar-refractivity contribution >= 4 is 21.8 Å². The van der Waals surface area contributed by atoms with Crippen LogP contribution in [0.4, 0.5) is 0 Å². The van der Waals surface area contributed by atoms with Crippen molar-refractivity contribution in [2.45, 2.75) is 18.4 Å². The molecule has 1 amide bonds. The summed E-state index contributed by atoms with van der Waals surface area (Å²) in [4.78, 5) is 18.4. The Hall–Kier alpha value is -0.980. The van der Waals surface area contributed by atoms with Crippen LogP contribution in [0, 0.1) is 0 Å². The molecule has 0 aromatic carbocycles. The normalized spacial score (nSPS) is 18.0. The SMILES string of the molecule is CN(C)C1(CNC(=O)c2cncc(Br)c2)CCOCC1. The van der Waals surface area contributed by atoms with Crippen LogP contribution in [0.25, 0.3) is 0 Å². The highest BCUT2D eigenvalue weighted by Gasteiger charge is 2.35. The van der Waals surface area contributed by atoms with Crippen LogP contribution in [0.5, 0.6) is 0 Å². The molecule has 1 aliphatic rings. The fourth-order valence-electron chi connectivity index (χ4n) is 2.42. The Kier molecular flexibility index (Phi) is 5.12. The van der Waals surface area contributed by atoms with Gasteiger partial charge in [0.1, 0.15) is 0 Å². The molecule has 2 rings (SSSR count). The van der Waals surface area contributed by atoms with Gasteiger partial charge in [0.05, 0.1) is 5.56 Å². The second-order valence-electron chi connectivity index (χ2n) is 5.31. The summed E-state index contributed by atoms with van der Waals surface area (Å²) < 4.78 is 6.23. The summed E-state index contributed by atoms with van der Waals surface area (Å²) in [7, 11) is 4.11. The molecule has 5 nitrogen and oxygen atoms in total. The van der Waals surface area contributed by atoms with Crippen LogP contribution in [0.2, 0.25) is 0 Å². The van der Waals surface area contributed by atoms with E-state index in [4.69, 9.17) is 4.74 Å². The van der Waals surface area contributed by atoms with Gasteiger partial charge in [-0.2, -0.15) is 0 Å². The number of hydrogen-bond donors (Lipinski definition) is 1. The maximum absolute atomic E-state index is 12.2. The standard InChI is InChI=1S/C14H20BrN3O2/c1-18(2)14(3-5-20-6-4-14)10-17-13(19)11-7-12(15)9-16-8-11/h7-9H,3-6,10H2,1-2H3,(H,17,19). The van der Waals surface area contributed by atoms with Crippen LogP contribution in [-0.4, -0.2) is 55.2 Å². The van der Waals surface area contributed by atoms with Crippen LogP contribution in [0.3, 0.4) is 0 Å². The number of nitrogens with one attached hydrogen (secondary N) is 1. The average Bonchev–Trinajstić information content (AvgIpc) is 2.45. The number of likely N-dealkylation sites (N-methyl/N-ethyl adjacent to an activating group) is 1. The lowest BCUT2D eigenvalue weighted by molar-refractivity contribution is -0.00658. The van der Waals surface area contributed by atoms with Gasteiger partial charge in [0, 0.05) is 42.2 Å². The predicted molar refractivity (Wildman–Crippen MR) is 80.7 cm³/mol. The quantitative estimate of drug-likeness (QED) is 0.905. The van der Waals surface area contributed by atoms with Gasteiger partial charge in [0.25, 0.3) is 5.91 Å². The predicted octanol–water partition coefficient (Wildman–Crippen LogP) is 1.68. The monoisotopic (exact) mass is 341 g/mol. The molecule has 0 unspecified atom stereocenters. The Balaban J connectivity index is 2.00. The van der Waals surface area contributed by atoms with Crippen LogP contribution < -0.4 is 5.32 Å². The van der Waals surface area contributed by atoms with Crippen LogP contribution in [-0.2, 0) is 4.74 Å². The molecule has 1 aromatic heterocycles. The molecule has 1 aliphatic heterocycles. The summed E-state index contributed by atoms with van der Waals surface area (Å²) in [6.45, 7) is 2.10. The number of amides is 1. The van der Waals surface area contributed by atoms with Crippen molar-refractivity contribution in [2.24, 2.45) is 0 Å². The number of carbonyl (C=O) groups is 1. The zero-order valence-electron chi connectivity index (χ0n) is 11.9. The molecule has 110 valence electrons. The maximum atomic E-state index is 12.2. The molecule has 0 aliphatic carbocycles. The third-order valence-corrected chi connectivity index (χ3v) is 4.35. The Morgan fingerprint density at radius 1 is 1.45 bits per heavy atom. The zero-order valence-corrected chi connectivity index (χ0v) is 13.4. The smallest absolute Gasteiger partial charge is 0.252 e. The highest BCUT2D eigenvalue weighted by Crippen LogP contribution is 2.25. The molecule has 1 N–H and O–H groups in total. The summed E-state index contributed by atoms with van der Waals surface area (Å²) in [5.41, 5.74) is 0.549. The number of aromatic nitrogens is 1. The first kappa shape index (κ1) is 15.4. The Bertz CT molecular complexity index is 473. The minimum atomic E-state index is -0.0912. The molecule has 20 heavy (non-hydrogen) atoms. The molecule has 1 aromatic rings. The van der Waals surface area contributed by atoms with E-state index < -0.39 is 0 Å². The van der Waals surface area contributed by atoms with E-state index in [-0.39, 0.29) is 11.4 Å². The van der Waals surface area contributed by atoms with Gasteiger partial charge in [-0.25, -0.2) is 0 Å². The van der Waals surface area contributed by atoms with Crippen molar-refractivity contribution in [3.8, 4) is 0 Å². The van der Waals surface area contributed by atoms with E-state index in [1.165, 1.54) is 0 Å². The van der Waals surface area contributed by atoms with E-state index in [0.717, 1.165) is 30.5 Å². The van der Waals surface area contributed by atoms with Crippen LogP contribution >= 0.6 is 15.9 Å². The number of hydrogen-bond acceptors (Lipinski definition) is 4. The Morgan fingerprint density at radius 3 is 2.75 bits per heavy atom. The highest BCUT2D eigenvalue weighted by atomic mass is 79.9. The van der Waals surface area contributed by atoms with E-state index in [9.17, 15) is 4.79 Å². The minimum absolute atomic E-state index is 0.0205. The Morgan fingerprint density at radius 2 is 2.15 bits per heavy atom. The first-order valence-corrected chi connectivity index (χ1v) is 7.47. The second-order valence-corrected chi connectivity index (χ2v) is 6.22. The van der Waals surface area contributed by atoms with Gasteiger partial charge in [-0.3, -0.25) is 9.78 Å². The number of rotatable bonds is 4. The first-order valence-electron chi connectivity index (χ1n) is 6.67. The zero-order chi connectivity index (χ0) is 14.6. The van der Waals surface area contributed by atoms with Crippen LogP contribution in [0.15, 0.2) is 22.9 Å². The number of ether oxygens (including phenoxy) is 1. The summed E-state index contributed by atoms with van der Waals surface area (Å²) >= 11 is 3.32. The summed E-state index contributed by atoms with van der Waals surface area (Å²) in [6, 6.07) is 1.77. The van der Waals surface area contributed by atoms with E-state index in [0.29, 0.717) is 12.1 Å². The topological polar surface area (TPSA) is 54.5 Å². The third kappa shape index (κ3) is 3.56. The summed E-state index contributed by atoms with van der Waals surface area (Å²) in [5.74, 6) is -0.0912. The molecule has 6 heteroatoms. The van der Waals surface area contributed by atoms with Gasteiger partial charge in [-0.15, -0.1) is 0 Å². The molecule has 1 saturated heterocycles. The van der Waals surface area contributed by atoms with Crippen molar-refractivity contribution in [3.63, 3.8) is 0 Å². The molecule has 0 radical (unpaired) electrons. The number of halogens is 1. The molecule has 0 spiro atoms. The van der Waals surface area contributed by atoms with Crippen molar-refractivity contribution in [1.29, 1.82) is 0 Å². The Labute approximate surface area is 127 Å². The van der Waals surface area contributed by atoms with Crippen LogP contribution in [0.1, 0.15) is 23.2 Å². The summed E-state index contributed by atoms with van der Waals surface area (Å²) in [6.07, 6.45) is 5.09. The van der Waals surface area contributed by atoms with Gasteiger partial charge < -0.3 is 15.0 Å². The second kappa shape index (κ2) is 6.65. The van der Waals surface area contributed by atoms with E-state index >= 15 is 0 Å². The fraction of sp³-hybridized carbons (Fsp3) is 0.571. The minimum Gasteiger partial charge on any atom is -0.381 e. The van der Waals surface area contributed by atoms with Gasteiger partial charge in [-0.1, -0.05) is 0 Å². The van der Waals surface area contributed by atoms with E-state index in [1.54, 1.807) is 18.5 Å². The van der Waals surface area contributed by atoms with Gasteiger partial charge in [0.2, 0.25) is 0 Å². The molecule has 0 bridgehead atoms. The molecular weight excluding hydrogens is 322 g/mol. The first-order chi connectivity index (χ1) is 9.53. The number of carbonyl (C=O) groups excluding carboxylic acids is 1. The fourth-order valence-corrected chi connectivity index (χ4v) is 2.78. The summed E-state index contributed by atoms with van der Waals surface area (Å²) in [5, 5.41) is 3.02. The van der Waals surface area contributed by atoms with Crippen molar-refractivity contribution in [1.82, 2.24) is 15.2 Å². The third-order valence-electron chi connectivity index (χ3n) is 3.92.